The van der Waals surface area contributed by atoms with Crippen molar-refractivity contribution in [2.45, 2.75) is 26.9 Å². The maximum absolute atomic E-state index is 12.8. The van der Waals surface area contributed by atoms with Gasteiger partial charge in [0.15, 0.2) is 0 Å². The summed E-state index contributed by atoms with van der Waals surface area (Å²) in [7, 11) is 0. The topological polar surface area (TPSA) is 45.5 Å². The molecule has 0 aliphatic rings. The van der Waals surface area contributed by atoms with Gasteiger partial charge in [-0.25, -0.2) is 4.79 Å². The Morgan fingerprint density at radius 1 is 0.920 bits per heavy atom. The van der Waals surface area contributed by atoms with Crippen LogP contribution in [0.25, 0.3) is 0 Å². The van der Waals surface area contributed by atoms with Gasteiger partial charge in [0, 0.05) is 12.2 Å². The van der Waals surface area contributed by atoms with Crippen molar-refractivity contribution in [1.29, 1.82) is 0 Å². The van der Waals surface area contributed by atoms with Crippen LogP contribution >= 0.6 is 0 Å². The summed E-state index contributed by atoms with van der Waals surface area (Å²) >= 11 is 0. The third kappa shape index (κ3) is 4.73. The number of nitrogens with one attached hydrogen (secondary N) is 1. The molecule has 2 aromatic carbocycles. The van der Waals surface area contributed by atoms with E-state index in [0.29, 0.717) is 13.1 Å². The van der Waals surface area contributed by atoms with Crippen molar-refractivity contribution in [3.63, 3.8) is 0 Å². The number of amides is 2. The third-order valence-corrected chi connectivity index (χ3v) is 3.95. The number of benzene rings is 2. The molecule has 1 heterocycles. The quantitative estimate of drug-likeness (QED) is 0.703. The highest BCUT2D eigenvalue weighted by Gasteiger charge is 2.16. The van der Waals surface area contributed by atoms with Gasteiger partial charge < -0.3 is 14.6 Å². The fraction of sp³-hybridized carbons (Fsp3) is 0.190. The molecule has 0 saturated carbocycles. The van der Waals surface area contributed by atoms with Crippen LogP contribution in [0, 0.1) is 13.8 Å². The van der Waals surface area contributed by atoms with Gasteiger partial charge in [0.2, 0.25) is 0 Å². The number of urea groups is 1. The fourth-order valence-electron chi connectivity index (χ4n) is 2.60. The third-order valence-electron chi connectivity index (χ3n) is 3.95. The lowest BCUT2D eigenvalue weighted by Crippen LogP contribution is -2.33. The molecule has 0 atom stereocenters. The summed E-state index contributed by atoms with van der Waals surface area (Å²) in [6.07, 6.45) is 0. The molecule has 25 heavy (non-hydrogen) atoms. The average Bonchev–Trinajstić information content (AvgIpc) is 3.02. The van der Waals surface area contributed by atoms with Crippen LogP contribution in [-0.2, 0) is 13.1 Å². The second-order valence-corrected chi connectivity index (χ2v) is 6.15. The van der Waals surface area contributed by atoms with Crippen LogP contribution in [0.1, 0.15) is 22.6 Å². The van der Waals surface area contributed by atoms with Gasteiger partial charge in [-0.15, -0.1) is 0 Å². The monoisotopic (exact) mass is 334 g/mol. The van der Waals surface area contributed by atoms with Crippen LogP contribution in [0.2, 0.25) is 0 Å². The number of aryl methyl sites for hydroxylation is 2. The molecule has 0 aliphatic heterocycles. The van der Waals surface area contributed by atoms with Crippen molar-refractivity contribution < 1.29 is 9.21 Å². The van der Waals surface area contributed by atoms with Crippen molar-refractivity contribution in [3.05, 3.63) is 89.4 Å². The molecular formula is C21H22N2O2. The van der Waals surface area contributed by atoms with E-state index in [1.54, 1.807) is 4.90 Å². The molecule has 0 radical (unpaired) electrons. The largest absolute Gasteiger partial charge is 0.464 e. The van der Waals surface area contributed by atoms with Gasteiger partial charge in [0.25, 0.3) is 0 Å². The van der Waals surface area contributed by atoms with Gasteiger partial charge in [-0.1, -0.05) is 48.0 Å². The minimum Gasteiger partial charge on any atom is -0.464 e. The molecule has 4 heteroatoms. The van der Waals surface area contributed by atoms with Crippen molar-refractivity contribution in [1.82, 2.24) is 4.90 Å². The molecule has 1 aromatic heterocycles. The van der Waals surface area contributed by atoms with Crippen LogP contribution in [0.3, 0.4) is 0 Å². The predicted octanol–water partition coefficient (Wildman–Crippen LogP) is 5.13. The Hall–Kier alpha value is -3.01. The molecule has 4 nitrogen and oxygen atoms in total. The number of nitrogens with zero attached hydrogens (tertiary/aromatic N) is 1. The lowest BCUT2D eigenvalue weighted by atomic mass is 10.2. The van der Waals surface area contributed by atoms with Crippen LogP contribution in [0.15, 0.2) is 71.1 Å². The van der Waals surface area contributed by atoms with E-state index in [0.717, 1.165) is 28.3 Å². The number of hydrogen-bond acceptors (Lipinski definition) is 2. The molecule has 0 bridgehead atoms. The summed E-state index contributed by atoms with van der Waals surface area (Å²) in [5.74, 6) is 1.61. The van der Waals surface area contributed by atoms with Gasteiger partial charge >= 0.3 is 6.03 Å². The van der Waals surface area contributed by atoms with Gasteiger partial charge in [0.1, 0.15) is 11.5 Å². The summed E-state index contributed by atoms with van der Waals surface area (Å²) < 4.78 is 5.65. The Bertz CT molecular complexity index is 823. The lowest BCUT2D eigenvalue weighted by molar-refractivity contribution is 0.201. The summed E-state index contributed by atoms with van der Waals surface area (Å²) in [6.45, 7) is 4.85. The lowest BCUT2D eigenvalue weighted by Gasteiger charge is -2.22. The van der Waals surface area contributed by atoms with E-state index < -0.39 is 0 Å². The second kappa shape index (κ2) is 7.71. The van der Waals surface area contributed by atoms with E-state index in [-0.39, 0.29) is 6.03 Å². The van der Waals surface area contributed by atoms with Crippen molar-refractivity contribution >= 4 is 11.7 Å². The number of rotatable bonds is 5. The Labute approximate surface area is 148 Å². The molecule has 0 fully saturated rings. The number of anilines is 1. The Morgan fingerprint density at radius 3 is 2.28 bits per heavy atom. The molecule has 0 unspecified atom stereocenters. The maximum Gasteiger partial charge on any atom is 0.322 e. The minimum absolute atomic E-state index is 0.151. The molecule has 0 saturated heterocycles. The summed E-state index contributed by atoms with van der Waals surface area (Å²) in [4.78, 5) is 14.5. The van der Waals surface area contributed by atoms with Crippen molar-refractivity contribution in [2.24, 2.45) is 0 Å². The standard InChI is InChI=1S/C21H22N2O2/c1-16-8-11-19(12-9-16)22-21(24)23(14-18-6-4-3-5-7-18)15-20-13-10-17(2)25-20/h3-13H,14-15H2,1-2H3,(H,22,24). The SMILES string of the molecule is Cc1ccc(NC(=O)N(Cc2ccccc2)Cc2ccc(C)o2)cc1. The van der Waals surface area contributed by atoms with E-state index in [9.17, 15) is 4.79 Å². The molecule has 0 aliphatic carbocycles. The van der Waals surface area contributed by atoms with Gasteiger partial charge in [-0.3, -0.25) is 0 Å². The Morgan fingerprint density at radius 2 is 1.64 bits per heavy atom. The number of carbonyl (C=O) groups is 1. The Kier molecular flexibility index (Phi) is 5.19. The van der Waals surface area contributed by atoms with E-state index >= 15 is 0 Å². The summed E-state index contributed by atoms with van der Waals surface area (Å²) in [5.41, 5.74) is 3.01. The van der Waals surface area contributed by atoms with Crippen molar-refractivity contribution in [2.75, 3.05) is 5.32 Å². The normalized spacial score (nSPS) is 10.5. The zero-order valence-corrected chi connectivity index (χ0v) is 14.5. The first-order valence-electron chi connectivity index (χ1n) is 8.32. The van der Waals surface area contributed by atoms with Crippen LogP contribution in [-0.4, -0.2) is 10.9 Å². The highest BCUT2D eigenvalue weighted by molar-refractivity contribution is 5.89. The van der Waals surface area contributed by atoms with E-state index in [4.69, 9.17) is 4.42 Å². The van der Waals surface area contributed by atoms with Gasteiger partial charge in [-0.05, 0) is 43.7 Å². The van der Waals surface area contributed by atoms with E-state index in [2.05, 4.69) is 5.32 Å². The van der Waals surface area contributed by atoms with Gasteiger partial charge in [0.05, 0.1) is 6.54 Å². The zero-order chi connectivity index (χ0) is 17.6. The van der Waals surface area contributed by atoms with E-state index in [1.807, 2.05) is 80.6 Å². The second-order valence-electron chi connectivity index (χ2n) is 6.15. The first kappa shape index (κ1) is 16.8. The molecular weight excluding hydrogens is 312 g/mol. The molecule has 3 aromatic rings. The number of carbonyl (C=O) groups excluding carboxylic acids is 1. The fourth-order valence-corrected chi connectivity index (χ4v) is 2.60. The summed E-state index contributed by atoms with van der Waals surface area (Å²) in [6, 6.07) is 21.4. The highest BCUT2D eigenvalue weighted by Crippen LogP contribution is 2.15. The van der Waals surface area contributed by atoms with Crippen LogP contribution in [0.5, 0.6) is 0 Å². The number of furan rings is 1. The van der Waals surface area contributed by atoms with Gasteiger partial charge in [-0.2, -0.15) is 0 Å². The Balaban J connectivity index is 1.76. The highest BCUT2D eigenvalue weighted by atomic mass is 16.3. The molecule has 128 valence electrons. The maximum atomic E-state index is 12.8. The average molecular weight is 334 g/mol. The van der Waals surface area contributed by atoms with Crippen LogP contribution < -0.4 is 5.32 Å². The zero-order valence-electron chi connectivity index (χ0n) is 14.5. The predicted molar refractivity (Wildman–Crippen MR) is 99.3 cm³/mol. The minimum atomic E-state index is -0.151. The van der Waals surface area contributed by atoms with E-state index in [1.165, 1.54) is 0 Å². The number of hydrogen-bond donors (Lipinski definition) is 1. The van der Waals surface area contributed by atoms with Crippen LogP contribution in [0.4, 0.5) is 10.5 Å². The molecule has 1 N–H and O–H groups in total. The molecule has 0 spiro atoms. The first-order chi connectivity index (χ1) is 12.1. The molecule has 3 rings (SSSR count). The first-order valence-corrected chi connectivity index (χ1v) is 8.32. The molecule has 2 amide bonds. The summed E-state index contributed by atoms with van der Waals surface area (Å²) in [5, 5.41) is 2.96. The smallest absolute Gasteiger partial charge is 0.322 e. The van der Waals surface area contributed by atoms with Crippen molar-refractivity contribution in [3.8, 4) is 0 Å².